The maximum Gasteiger partial charge on any atom is -0.0486 e. The molecule has 4 aromatic rings. The van der Waals surface area contributed by atoms with Crippen LogP contribution in [0.15, 0.2) is 60.7 Å². The Morgan fingerprint density at radius 2 is 1.23 bits per heavy atom. The van der Waals surface area contributed by atoms with Crippen LogP contribution in [0.3, 0.4) is 0 Å². The first-order valence-corrected chi connectivity index (χ1v) is 16.7. The second kappa shape index (κ2) is 11.2. The third kappa shape index (κ3) is 6.50. The molecule has 0 unspecified atom stereocenters. The SMILES string of the molecule is C[Si](C)=[Zr+2].Cc1[cH-]c(C)c(C)c1C.Cc1ccc2c(-c3ccccc3)c(C)[cH-]c2c1. The molecule has 0 aliphatic rings. The van der Waals surface area contributed by atoms with E-state index in [-0.39, 0.29) is 5.43 Å². The molecule has 0 atom stereocenters. The number of hydrogen-bond donors (Lipinski definition) is 0. The monoisotopic (exact) mass is 488 g/mol. The second-order valence-electron chi connectivity index (χ2n) is 8.42. The van der Waals surface area contributed by atoms with Crippen LogP contribution in [0.25, 0.3) is 21.9 Å². The van der Waals surface area contributed by atoms with Crippen molar-refractivity contribution in [3.8, 4) is 11.1 Å². The van der Waals surface area contributed by atoms with E-state index < -0.39 is 0 Å². The topological polar surface area (TPSA) is 0 Å². The van der Waals surface area contributed by atoms with E-state index in [0.29, 0.717) is 0 Å². The largest absolute Gasteiger partial charge is 0.196 e. The van der Waals surface area contributed by atoms with Crippen molar-refractivity contribution in [3.05, 3.63) is 94.0 Å². The Morgan fingerprint density at radius 3 is 1.70 bits per heavy atom. The van der Waals surface area contributed by atoms with Gasteiger partial charge in [-0.3, -0.25) is 0 Å². The van der Waals surface area contributed by atoms with Crippen molar-refractivity contribution < 1.29 is 23.3 Å². The fourth-order valence-electron chi connectivity index (χ4n) is 3.67. The predicted molar refractivity (Wildman–Crippen MR) is 133 cm³/mol. The van der Waals surface area contributed by atoms with E-state index in [1.54, 1.807) is 23.3 Å². The van der Waals surface area contributed by atoms with Crippen LogP contribution < -0.4 is 0 Å². The molecule has 0 aliphatic carbocycles. The predicted octanol–water partition coefficient (Wildman–Crippen LogP) is 8.27. The van der Waals surface area contributed by atoms with Gasteiger partial charge in [0.05, 0.1) is 0 Å². The summed E-state index contributed by atoms with van der Waals surface area (Å²) in [7, 11) is 0. The van der Waals surface area contributed by atoms with Crippen molar-refractivity contribution in [2.75, 3.05) is 0 Å². The summed E-state index contributed by atoms with van der Waals surface area (Å²) in [4.78, 5) is 0. The minimum Gasteiger partial charge on any atom is -0.196 e. The van der Waals surface area contributed by atoms with Crippen LogP contribution in [-0.2, 0) is 23.3 Å². The van der Waals surface area contributed by atoms with E-state index in [2.05, 4.69) is 115 Å². The zero-order valence-electron chi connectivity index (χ0n) is 19.8. The van der Waals surface area contributed by atoms with Gasteiger partial charge in [-0.25, -0.2) is 0 Å². The smallest absolute Gasteiger partial charge is 0.0486 e. The van der Waals surface area contributed by atoms with Gasteiger partial charge in [0.1, 0.15) is 0 Å². The molecule has 0 heterocycles. The molecule has 4 rings (SSSR count). The first-order chi connectivity index (χ1) is 14.1. The van der Waals surface area contributed by atoms with Gasteiger partial charge in [-0.2, -0.15) is 28.3 Å². The van der Waals surface area contributed by atoms with Gasteiger partial charge in [0.25, 0.3) is 0 Å². The summed E-state index contributed by atoms with van der Waals surface area (Å²) in [6.07, 6.45) is 0. The van der Waals surface area contributed by atoms with Crippen LogP contribution in [0, 0.1) is 41.5 Å². The Morgan fingerprint density at radius 1 is 0.700 bits per heavy atom. The van der Waals surface area contributed by atoms with Gasteiger partial charge in [-0.15, -0.1) is 40.1 Å². The van der Waals surface area contributed by atoms with Gasteiger partial charge in [0.2, 0.25) is 0 Å². The van der Waals surface area contributed by atoms with Crippen molar-refractivity contribution in [1.82, 2.24) is 0 Å². The van der Waals surface area contributed by atoms with Crippen LogP contribution in [0.5, 0.6) is 0 Å². The van der Waals surface area contributed by atoms with Crippen LogP contribution in [0.2, 0.25) is 13.1 Å². The van der Waals surface area contributed by atoms with Crippen LogP contribution >= 0.6 is 0 Å². The normalized spacial score (nSPS) is 10.2. The molecule has 154 valence electrons. The molecule has 0 nitrogen and oxygen atoms in total. The van der Waals surface area contributed by atoms with E-state index in [0.717, 1.165) is 0 Å². The van der Waals surface area contributed by atoms with Gasteiger partial charge in [-0.05, 0) is 6.92 Å². The molecular weight excluding hydrogens is 456 g/mol. The van der Waals surface area contributed by atoms with Gasteiger partial charge in [-0.1, -0.05) is 82.1 Å². The van der Waals surface area contributed by atoms with Crippen LogP contribution in [0.1, 0.15) is 33.4 Å². The molecule has 2 heteroatoms. The van der Waals surface area contributed by atoms with Gasteiger partial charge >= 0.3 is 41.9 Å². The van der Waals surface area contributed by atoms with Crippen molar-refractivity contribution >= 4 is 16.2 Å². The molecule has 0 saturated heterocycles. The fraction of sp³-hybridized carbons (Fsp3) is 0.286. The molecule has 0 spiro atoms. The number of aryl methyl sites for hydroxylation is 4. The molecule has 0 fully saturated rings. The number of hydrogen-bond acceptors (Lipinski definition) is 0. The summed E-state index contributed by atoms with van der Waals surface area (Å²) in [6.45, 7) is 17.6. The van der Waals surface area contributed by atoms with E-state index in [1.165, 1.54) is 55.3 Å². The van der Waals surface area contributed by atoms with Crippen molar-refractivity contribution in [2.24, 2.45) is 0 Å². The van der Waals surface area contributed by atoms with E-state index in [4.69, 9.17) is 0 Å². The summed E-state index contributed by atoms with van der Waals surface area (Å²) in [5, 5.41) is 2.71. The van der Waals surface area contributed by atoms with E-state index in [1.807, 2.05) is 0 Å². The van der Waals surface area contributed by atoms with Crippen LogP contribution in [0.4, 0.5) is 0 Å². The molecule has 0 N–H and O–H groups in total. The Balaban J connectivity index is 0.000000207. The Labute approximate surface area is 198 Å². The number of benzene rings is 2. The molecule has 0 bridgehead atoms. The summed E-state index contributed by atoms with van der Waals surface area (Å²) in [6, 6.07) is 21.8. The van der Waals surface area contributed by atoms with E-state index >= 15 is 0 Å². The summed E-state index contributed by atoms with van der Waals surface area (Å²) in [5.74, 6) is 0. The Bertz CT molecular complexity index is 1100. The summed E-state index contributed by atoms with van der Waals surface area (Å²) >= 11 is 1.74. The van der Waals surface area contributed by atoms with Crippen molar-refractivity contribution in [3.63, 3.8) is 0 Å². The van der Waals surface area contributed by atoms with Crippen molar-refractivity contribution in [1.29, 1.82) is 0 Å². The maximum atomic E-state index is 2.31. The molecule has 0 aromatic heterocycles. The van der Waals surface area contributed by atoms with Gasteiger partial charge in [0, 0.05) is 0 Å². The Kier molecular flexibility index (Phi) is 9.26. The summed E-state index contributed by atoms with van der Waals surface area (Å²) < 4.78 is 0. The molecule has 4 aromatic carbocycles. The third-order valence-electron chi connectivity index (χ3n) is 5.48. The molecule has 0 aliphatic heterocycles. The average Bonchev–Trinajstić information content (AvgIpc) is 3.12. The van der Waals surface area contributed by atoms with Gasteiger partial charge in [0.15, 0.2) is 0 Å². The molecule has 30 heavy (non-hydrogen) atoms. The average molecular weight is 490 g/mol. The minimum absolute atomic E-state index is 0.210. The van der Waals surface area contributed by atoms with Gasteiger partial charge < -0.3 is 0 Å². The minimum atomic E-state index is 0.210. The fourth-order valence-corrected chi connectivity index (χ4v) is 3.67. The first-order valence-electron chi connectivity index (χ1n) is 10.6. The maximum absolute atomic E-state index is 2.31. The van der Waals surface area contributed by atoms with Crippen molar-refractivity contribution in [2.45, 2.75) is 54.6 Å². The standard InChI is InChI=1S/C17H15.C9H13.C2H6Si.Zr/c1-12-8-9-16-15(10-12)11-13(2)17(16)14-6-4-3-5-7-14;1-6-5-7(2)9(4)8(6)3;1-3-2;/h3-11H,1-2H3;5H,1-4H3;1-2H3;/q2*-1;;+2. The second-order valence-corrected chi connectivity index (χ2v) is 17.8. The number of fused-ring (bicyclic) bond motifs is 1. The molecular formula is C28H34SiZr. The van der Waals surface area contributed by atoms with Crippen LogP contribution in [-0.4, -0.2) is 5.43 Å². The zero-order valence-corrected chi connectivity index (χ0v) is 23.2. The van der Waals surface area contributed by atoms with E-state index in [9.17, 15) is 0 Å². The first kappa shape index (κ1) is 24.8. The Hall–Kier alpha value is -1.50. The molecule has 0 amide bonds. The third-order valence-corrected chi connectivity index (χ3v) is 5.48. The zero-order chi connectivity index (χ0) is 22.4. The molecule has 0 saturated carbocycles. The quantitative estimate of drug-likeness (QED) is 0.186. The molecule has 0 radical (unpaired) electrons. The summed E-state index contributed by atoms with van der Waals surface area (Å²) in [5.41, 5.74) is 11.3. The number of rotatable bonds is 1.